The molecular formula is C11H7BrF3N. The molecular weight excluding hydrogens is 283 g/mol. The molecule has 0 N–H and O–H groups in total. The van der Waals surface area contributed by atoms with Gasteiger partial charge in [-0.25, -0.2) is 4.98 Å². The molecule has 0 aliphatic carbocycles. The van der Waals surface area contributed by atoms with Crippen molar-refractivity contribution in [1.82, 2.24) is 4.98 Å². The van der Waals surface area contributed by atoms with Crippen LogP contribution in [0.4, 0.5) is 13.2 Å². The second-order valence-corrected chi connectivity index (χ2v) is 3.88. The fourth-order valence-electron chi connectivity index (χ4n) is 1.50. The van der Waals surface area contributed by atoms with E-state index >= 15 is 0 Å². The maximum atomic E-state index is 12.6. The molecule has 0 amide bonds. The normalized spacial score (nSPS) is 12.0. The average Bonchev–Trinajstić information content (AvgIpc) is 2.26. The number of aromatic nitrogens is 1. The van der Waals surface area contributed by atoms with Gasteiger partial charge in [0.15, 0.2) is 0 Å². The molecule has 0 radical (unpaired) electrons. The highest BCUT2D eigenvalue weighted by molar-refractivity contribution is 9.08. The van der Waals surface area contributed by atoms with Gasteiger partial charge in [0.2, 0.25) is 0 Å². The van der Waals surface area contributed by atoms with Crippen LogP contribution in [0.25, 0.3) is 10.9 Å². The molecule has 84 valence electrons. The van der Waals surface area contributed by atoms with Crippen molar-refractivity contribution in [2.24, 2.45) is 0 Å². The van der Waals surface area contributed by atoms with E-state index < -0.39 is 11.9 Å². The van der Waals surface area contributed by atoms with Gasteiger partial charge in [0.05, 0.1) is 5.52 Å². The maximum absolute atomic E-state index is 12.6. The van der Waals surface area contributed by atoms with Gasteiger partial charge in [-0.1, -0.05) is 34.1 Å². The summed E-state index contributed by atoms with van der Waals surface area (Å²) < 4.78 is 37.7. The van der Waals surface area contributed by atoms with Crippen molar-refractivity contribution in [1.29, 1.82) is 0 Å². The Morgan fingerprint density at radius 3 is 2.50 bits per heavy atom. The monoisotopic (exact) mass is 289 g/mol. The minimum atomic E-state index is -4.40. The molecule has 0 fully saturated rings. The minimum Gasteiger partial charge on any atom is -0.243 e. The van der Waals surface area contributed by atoms with Crippen LogP contribution in [0.2, 0.25) is 0 Å². The second-order valence-electron chi connectivity index (χ2n) is 3.32. The minimum absolute atomic E-state index is 0.367. The van der Waals surface area contributed by atoms with Crippen LogP contribution in [0.5, 0.6) is 0 Å². The molecule has 0 spiro atoms. The van der Waals surface area contributed by atoms with E-state index in [-0.39, 0.29) is 0 Å². The van der Waals surface area contributed by atoms with E-state index in [1.165, 1.54) is 0 Å². The van der Waals surface area contributed by atoms with E-state index in [4.69, 9.17) is 0 Å². The van der Waals surface area contributed by atoms with Crippen molar-refractivity contribution in [3.63, 3.8) is 0 Å². The zero-order valence-electron chi connectivity index (χ0n) is 8.05. The smallest absolute Gasteiger partial charge is 0.243 e. The van der Waals surface area contributed by atoms with Gasteiger partial charge in [-0.05, 0) is 17.7 Å². The van der Waals surface area contributed by atoms with Crippen LogP contribution in [0.15, 0.2) is 30.3 Å². The quantitative estimate of drug-likeness (QED) is 0.719. The number of hydrogen-bond donors (Lipinski definition) is 0. The third-order valence-corrected chi connectivity index (χ3v) is 2.84. The average molecular weight is 290 g/mol. The summed E-state index contributed by atoms with van der Waals surface area (Å²) in [5.41, 5.74) is 0.116. The molecule has 2 aromatic rings. The third kappa shape index (κ3) is 2.04. The predicted molar refractivity (Wildman–Crippen MR) is 59.4 cm³/mol. The van der Waals surface area contributed by atoms with Gasteiger partial charge in [0, 0.05) is 10.7 Å². The number of halogens is 4. The molecule has 1 nitrogen and oxygen atoms in total. The van der Waals surface area contributed by atoms with Gasteiger partial charge in [-0.15, -0.1) is 0 Å². The Kier molecular flexibility index (Phi) is 2.88. The Morgan fingerprint density at radius 2 is 1.88 bits per heavy atom. The second kappa shape index (κ2) is 4.05. The molecule has 0 saturated heterocycles. The molecule has 0 aliphatic heterocycles. The number of fused-ring (bicyclic) bond motifs is 1. The predicted octanol–water partition coefficient (Wildman–Crippen LogP) is 4.15. The van der Waals surface area contributed by atoms with Gasteiger partial charge in [-0.3, -0.25) is 0 Å². The van der Waals surface area contributed by atoms with Crippen molar-refractivity contribution in [2.75, 3.05) is 0 Å². The van der Waals surface area contributed by atoms with E-state index in [0.717, 1.165) is 11.5 Å². The summed E-state index contributed by atoms with van der Waals surface area (Å²) >= 11 is 3.18. The SMILES string of the molecule is FC(F)(F)c1cc(CBr)c2ccccc2n1. The van der Waals surface area contributed by atoms with E-state index in [9.17, 15) is 13.2 Å². The van der Waals surface area contributed by atoms with Crippen molar-refractivity contribution in [3.8, 4) is 0 Å². The number of hydrogen-bond acceptors (Lipinski definition) is 1. The highest BCUT2D eigenvalue weighted by atomic mass is 79.9. The molecule has 0 aliphatic rings. The van der Waals surface area contributed by atoms with Crippen LogP contribution < -0.4 is 0 Å². The standard InChI is InChI=1S/C11H7BrF3N/c12-6-7-5-10(11(13,14)15)16-9-4-2-1-3-8(7)9/h1-5H,6H2. The number of alkyl halides is 4. The summed E-state index contributed by atoms with van der Waals surface area (Å²) in [6.45, 7) is 0. The Morgan fingerprint density at radius 1 is 1.19 bits per heavy atom. The molecule has 1 heterocycles. The molecule has 2 rings (SSSR count). The summed E-state index contributed by atoms with van der Waals surface area (Å²) in [5.74, 6) is 0. The number of nitrogens with zero attached hydrogens (tertiary/aromatic N) is 1. The Bertz CT molecular complexity index is 522. The molecule has 1 aromatic carbocycles. The van der Waals surface area contributed by atoms with Crippen LogP contribution in [-0.2, 0) is 11.5 Å². The number of benzene rings is 1. The van der Waals surface area contributed by atoms with Crippen LogP contribution >= 0.6 is 15.9 Å². The van der Waals surface area contributed by atoms with Crippen molar-refractivity contribution in [2.45, 2.75) is 11.5 Å². The Balaban J connectivity index is 2.73. The van der Waals surface area contributed by atoms with Crippen molar-refractivity contribution in [3.05, 3.63) is 41.6 Å². The lowest BCUT2D eigenvalue weighted by Gasteiger charge is -2.09. The first-order valence-corrected chi connectivity index (χ1v) is 5.66. The van der Waals surface area contributed by atoms with Gasteiger partial charge in [0.25, 0.3) is 0 Å². The molecule has 0 unspecified atom stereocenters. The highest BCUT2D eigenvalue weighted by Crippen LogP contribution is 2.31. The molecule has 0 saturated carbocycles. The van der Waals surface area contributed by atoms with Crippen molar-refractivity contribution >= 4 is 26.8 Å². The number of para-hydroxylation sites is 1. The third-order valence-electron chi connectivity index (χ3n) is 2.24. The molecule has 5 heteroatoms. The summed E-state index contributed by atoms with van der Waals surface area (Å²) in [4.78, 5) is 3.61. The zero-order valence-corrected chi connectivity index (χ0v) is 9.64. The summed E-state index contributed by atoms with van der Waals surface area (Å²) in [5, 5.41) is 1.12. The topological polar surface area (TPSA) is 12.9 Å². The number of rotatable bonds is 1. The van der Waals surface area contributed by atoms with E-state index in [2.05, 4.69) is 20.9 Å². The van der Waals surface area contributed by atoms with Gasteiger partial charge < -0.3 is 0 Å². The van der Waals surface area contributed by atoms with E-state index in [1.54, 1.807) is 24.3 Å². The molecule has 0 atom stereocenters. The lowest BCUT2D eigenvalue weighted by Crippen LogP contribution is -2.08. The lowest BCUT2D eigenvalue weighted by molar-refractivity contribution is -0.141. The van der Waals surface area contributed by atoms with Crippen LogP contribution in [-0.4, -0.2) is 4.98 Å². The van der Waals surface area contributed by atoms with Crippen LogP contribution in [0.1, 0.15) is 11.3 Å². The largest absolute Gasteiger partial charge is 0.433 e. The van der Waals surface area contributed by atoms with Crippen LogP contribution in [0, 0.1) is 0 Å². The van der Waals surface area contributed by atoms with Gasteiger partial charge in [-0.2, -0.15) is 13.2 Å². The molecule has 0 bridgehead atoms. The first-order valence-electron chi connectivity index (χ1n) is 4.54. The summed E-state index contributed by atoms with van der Waals surface area (Å²) in [6, 6.07) is 7.88. The van der Waals surface area contributed by atoms with Crippen molar-refractivity contribution < 1.29 is 13.2 Å². The van der Waals surface area contributed by atoms with Gasteiger partial charge >= 0.3 is 6.18 Å². The summed E-state index contributed by atoms with van der Waals surface area (Å²) in [6.07, 6.45) is -4.40. The fourth-order valence-corrected chi connectivity index (χ4v) is 1.97. The van der Waals surface area contributed by atoms with Crippen LogP contribution in [0.3, 0.4) is 0 Å². The van der Waals surface area contributed by atoms with Gasteiger partial charge in [0.1, 0.15) is 5.69 Å². The highest BCUT2D eigenvalue weighted by Gasteiger charge is 2.33. The Hall–Kier alpha value is -1.10. The lowest BCUT2D eigenvalue weighted by atomic mass is 10.1. The zero-order chi connectivity index (χ0) is 11.8. The first kappa shape index (κ1) is 11.4. The maximum Gasteiger partial charge on any atom is 0.433 e. The summed E-state index contributed by atoms with van der Waals surface area (Å²) in [7, 11) is 0. The van der Waals surface area contributed by atoms with E-state index in [1.807, 2.05) is 0 Å². The molecule has 1 aromatic heterocycles. The molecule has 16 heavy (non-hydrogen) atoms. The number of pyridine rings is 1. The Labute approximate surface area is 98.4 Å². The van der Waals surface area contributed by atoms with E-state index in [0.29, 0.717) is 16.4 Å². The fraction of sp³-hybridized carbons (Fsp3) is 0.182. The first-order chi connectivity index (χ1) is 7.52.